The van der Waals surface area contributed by atoms with Crippen molar-refractivity contribution in [3.8, 4) is 5.75 Å². The maximum atomic E-state index is 11.5. The molecule has 0 saturated heterocycles. The summed E-state index contributed by atoms with van der Waals surface area (Å²) in [6.07, 6.45) is 2.02. The van der Waals surface area contributed by atoms with Crippen molar-refractivity contribution in [2.24, 2.45) is 0 Å². The molecule has 0 unspecified atom stereocenters. The topological polar surface area (TPSA) is 55.4 Å². The van der Waals surface area contributed by atoms with Gasteiger partial charge in [-0.3, -0.25) is 0 Å². The van der Waals surface area contributed by atoms with E-state index in [1.165, 1.54) is 6.26 Å². The predicted octanol–water partition coefficient (Wildman–Crippen LogP) is 2.97. The highest BCUT2D eigenvalue weighted by Gasteiger charge is 2.07. The maximum absolute atomic E-state index is 11.5. The number of benzene rings is 2. The van der Waals surface area contributed by atoms with E-state index < -0.39 is 9.84 Å². The molecule has 0 saturated carbocycles. The molecule has 112 valence electrons. The molecule has 0 spiro atoms. The summed E-state index contributed by atoms with van der Waals surface area (Å²) in [5, 5.41) is 3.29. The second-order valence-corrected chi connectivity index (χ2v) is 6.76. The van der Waals surface area contributed by atoms with E-state index in [2.05, 4.69) is 5.32 Å². The average molecular weight is 305 g/mol. The van der Waals surface area contributed by atoms with Gasteiger partial charge in [0.2, 0.25) is 0 Å². The number of para-hydroxylation sites is 1. The van der Waals surface area contributed by atoms with E-state index in [1.54, 1.807) is 24.3 Å². The fourth-order valence-corrected chi connectivity index (χ4v) is 2.50. The highest BCUT2D eigenvalue weighted by atomic mass is 32.2. The summed E-state index contributed by atoms with van der Waals surface area (Å²) in [7, 11) is -3.19. The SMILES string of the molecule is CS(=O)(=O)c1cccc(OCCCNc2ccccc2)c1. The van der Waals surface area contributed by atoms with Gasteiger partial charge in [-0.1, -0.05) is 24.3 Å². The van der Waals surface area contributed by atoms with Gasteiger partial charge in [-0.25, -0.2) is 8.42 Å². The van der Waals surface area contributed by atoms with E-state index in [0.29, 0.717) is 12.4 Å². The highest BCUT2D eigenvalue weighted by Crippen LogP contribution is 2.17. The number of sulfone groups is 1. The lowest BCUT2D eigenvalue weighted by atomic mass is 10.3. The van der Waals surface area contributed by atoms with Crippen LogP contribution in [0.15, 0.2) is 59.5 Å². The van der Waals surface area contributed by atoms with Gasteiger partial charge in [0.25, 0.3) is 0 Å². The number of hydrogen-bond acceptors (Lipinski definition) is 4. The molecule has 2 aromatic rings. The summed E-state index contributed by atoms with van der Waals surface area (Å²) >= 11 is 0. The summed E-state index contributed by atoms with van der Waals surface area (Å²) < 4.78 is 28.5. The number of rotatable bonds is 7. The van der Waals surface area contributed by atoms with Gasteiger partial charge in [0.05, 0.1) is 11.5 Å². The van der Waals surface area contributed by atoms with Crippen molar-refractivity contribution >= 4 is 15.5 Å². The summed E-state index contributed by atoms with van der Waals surface area (Å²) in [5.74, 6) is 0.581. The van der Waals surface area contributed by atoms with Crippen molar-refractivity contribution in [2.75, 3.05) is 24.7 Å². The van der Waals surface area contributed by atoms with Crippen LogP contribution in [-0.2, 0) is 9.84 Å². The van der Waals surface area contributed by atoms with Crippen molar-refractivity contribution in [1.29, 1.82) is 0 Å². The first-order valence-electron chi connectivity index (χ1n) is 6.77. The van der Waals surface area contributed by atoms with Crippen molar-refractivity contribution < 1.29 is 13.2 Å². The third-order valence-electron chi connectivity index (χ3n) is 2.93. The lowest BCUT2D eigenvalue weighted by Crippen LogP contribution is -2.07. The Morgan fingerprint density at radius 2 is 1.81 bits per heavy atom. The van der Waals surface area contributed by atoms with Crippen molar-refractivity contribution in [1.82, 2.24) is 0 Å². The minimum Gasteiger partial charge on any atom is -0.493 e. The van der Waals surface area contributed by atoms with E-state index in [4.69, 9.17) is 4.74 Å². The van der Waals surface area contributed by atoms with Gasteiger partial charge in [-0.2, -0.15) is 0 Å². The van der Waals surface area contributed by atoms with Gasteiger partial charge >= 0.3 is 0 Å². The van der Waals surface area contributed by atoms with Crippen LogP contribution in [0.2, 0.25) is 0 Å². The van der Waals surface area contributed by atoms with Gasteiger partial charge in [-0.05, 0) is 36.8 Å². The monoisotopic (exact) mass is 305 g/mol. The highest BCUT2D eigenvalue weighted by molar-refractivity contribution is 7.90. The molecular weight excluding hydrogens is 286 g/mol. The van der Waals surface area contributed by atoms with E-state index in [1.807, 2.05) is 30.3 Å². The van der Waals surface area contributed by atoms with Gasteiger partial charge < -0.3 is 10.1 Å². The van der Waals surface area contributed by atoms with Crippen LogP contribution in [0.3, 0.4) is 0 Å². The number of hydrogen-bond donors (Lipinski definition) is 1. The zero-order valence-corrected chi connectivity index (χ0v) is 12.8. The third kappa shape index (κ3) is 5.11. The molecule has 0 fully saturated rings. The minimum absolute atomic E-state index is 0.280. The molecule has 0 atom stereocenters. The zero-order chi connectivity index (χ0) is 15.1. The lowest BCUT2D eigenvalue weighted by Gasteiger charge is -2.09. The molecule has 0 amide bonds. The Morgan fingerprint density at radius 1 is 1.05 bits per heavy atom. The Hall–Kier alpha value is -2.01. The van der Waals surface area contributed by atoms with Crippen LogP contribution in [0.25, 0.3) is 0 Å². The molecule has 0 heterocycles. The Bertz CT molecular complexity index is 669. The Balaban J connectivity index is 1.76. The van der Waals surface area contributed by atoms with Gasteiger partial charge in [0.15, 0.2) is 9.84 Å². The molecule has 0 aliphatic carbocycles. The van der Waals surface area contributed by atoms with Crippen LogP contribution < -0.4 is 10.1 Å². The Labute approximate surface area is 125 Å². The van der Waals surface area contributed by atoms with Gasteiger partial charge in [-0.15, -0.1) is 0 Å². The third-order valence-corrected chi connectivity index (χ3v) is 4.04. The lowest BCUT2D eigenvalue weighted by molar-refractivity contribution is 0.314. The number of anilines is 1. The van der Waals surface area contributed by atoms with E-state index in [9.17, 15) is 8.42 Å². The average Bonchev–Trinajstić information content (AvgIpc) is 2.47. The Morgan fingerprint density at radius 3 is 2.52 bits per heavy atom. The molecule has 2 rings (SSSR count). The van der Waals surface area contributed by atoms with Crippen LogP contribution in [0, 0.1) is 0 Å². The molecule has 21 heavy (non-hydrogen) atoms. The molecule has 0 aromatic heterocycles. The molecule has 0 bridgehead atoms. The molecule has 2 aromatic carbocycles. The van der Waals surface area contributed by atoms with E-state index in [0.717, 1.165) is 18.7 Å². The smallest absolute Gasteiger partial charge is 0.175 e. The van der Waals surface area contributed by atoms with Crippen LogP contribution >= 0.6 is 0 Å². The second kappa shape index (κ2) is 7.13. The van der Waals surface area contributed by atoms with Gasteiger partial charge in [0, 0.05) is 18.5 Å². The molecule has 4 nitrogen and oxygen atoms in total. The summed E-state index contributed by atoms with van der Waals surface area (Å²) in [4.78, 5) is 0.280. The molecule has 0 aliphatic heterocycles. The fraction of sp³-hybridized carbons (Fsp3) is 0.250. The Kier molecular flexibility index (Phi) is 5.22. The molecule has 1 N–H and O–H groups in total. The van der Waals surface area contributed by atoms with Crippen molar-refractivity contribution in [3.05, 3.63) is 54.6 Å². The number of ether oxygens (including phenoxy) is 1. The quantitative estimate of drug-likeness (QED) is 0.799. The first kappa shape index (κ1) is 15.4. The first-order valence-corrected chi connectivity index (χ1v) is 8.67. The van der Waals surface area contributed by atoms with Gasteiger partial charge in [0.1, 0.15) is 5.75 Å². The standard InChI is InChI=1S/C16H19NO3S/c1-21(18,19)16-10-5-9-15(13-16)20-12-6-11-17-14-7-3-2-4-8-14/h2-5,7-10,13,17H,6,11-12H2,1H3. The minimum atomic E-state index is -3.19. The second-order valence-electron chi connectivity index (χ2n) is 4.74. The normalized spacial score (nSPS) is 11.1. The van der Waals surface area contributed by atoms with E-state index in [-0.39, 0.29) is 4.90 Å². The summed E-state index contributed by atoms with van der Waals surface area (Å²) in [5.41, 5.74) is 1.08. The predicted molar refractivity (Wildman–Crippen MR) is 84.6 cm³/mol. The van der Waals surface area contributed by atoms with Crippen LogP contribution in [0.1, 0.15) is 6.42 Å². The first-order chi connectivity index (χ1) is 10.1. The zero-order valence-electron chi connectivity index (χ0n) is 12.0. The summed E-state index contributed by atoms with van der Waals surface area (Å²) in [6, 6.07) is 16.5. The van der Waals surface area contributed by atoms with Crippen molar-refractivity contribution in [2.45, 2.75) is 11.3 Å². The van der Waals surface area contributed by atoms with Crippen LogP contribution in [0.4, 0.5) is 5.69 Å². The molecular formula is C16H19NO3S. The van der Waals surface area contributed by atoms with Crippen LogP contribution in [0.5, 0.6) is 5.75 Å². The molecule has 0 radical (unpaired) electrons. The maximum Gasteiger partial charge on any atom is 0.175 e. The number of nitrogens with one attached hydrogen (secondary N) is 1. The fourth-order valence-electron chi connectivity index (χ4n) is 1.85. The summed E-state index contributed by atoms with van der Waals surface area (Å²) in [6.45, 7) is 1.34. The van der Waals surface area contributed by atoms with Crippen LogP contribution in [-0.4, -0.2) is 27.8 Å². The van der Waals surface area contributed by atoms with E-state index >= 15 is 0 Å². The molecule has 5 heteroatoms. The molecule has 0 aliphatic rings. The largest absolute Gasteiger partial charge is 0.493 e. The van der Waals surface area contributed by atoms with Crippen molar-refractivity contribution in [3.63, 3.8) is 0 Å².